The molecule has 0 saturated heterocycles. The van der Waals surface area contributed by atoms with Gasteiger partial charge in [-0.2, -0.15) is 4.98 Å². The number of hydrogen-bond donors (Lipinski definition) is 1. The van der Waals surface area contributed by atoms with E-state index >= 15 is 0 Å². The number of rotatable bonds is 3. The van der Waals surface area contributed by atoms with Crippen molar-refractivity contribution >= 4 is 34.7 Å². The number of fused-ring (bicyclic) bond motifs is 1. The van der Waals surface area contributed by atoms with Crippen LogP contribution < -0.4 is 10.2 Å². The van der Waals surface area contributed by atoms with Crippen molar-refractivity contribution in [1.29, 1.82) is 0 Å². The van der Waals surface area contributed by atoms with Gasteiger partial charge in [-0.05, 0) is 30.4 Å². The maximum Gasteiger partial charge on any atom is 0.224 e. The van der Waals surface area contributed by atoms with Gasteiger partial charge in [0.1, 0.15) is 5.02 Å². The topological polar surface area (TPSA) is 41.1 Å². The highest BCUT2D eigenvalue weighted by molar-refractivity contribution is 7.10. The average molecular weight is 295 g/mol. The van der Waals surface area contributed by atoms with E-state index in [0.717, 1.165) is 31.9 Å². The van der Waals surface area contributed by atoms with Gasteiger partial charge in [0.2, 0.25) is 5.95 Å². The zero-order chi connectivity index (χ0) is 13.2. The van der Waals surface area contributed by atoms with Crippen molar-refractivity contribution in [2.24, 2.45) is 0 Å². The van der Waals surface area contributed by atoms with E-state index in [1.807, 2.05) is 18.3 Å². The summed E-state index contributed by atoms with van der Waals surface area (Å²) in [7, 11) is 0. The van der Waals surface area contributed by atoms with Crippen molar-refractivity contribution in [3.8, 4) is 0 Å². The molecule has 0 atom stereocenters. The molecule has 0 unspecified atom stereocenters. The molecule has 0 amide bonds. The van der Waals surface area contributed by atoms with Crippen LogP contribution in [0.2, 0.25) is 5.02 Å². The van der Waals surface area contributed by atoms with E-state index in [2.05, 4.69) is 31.6 Å². The minimum absolute atomic E-state index is 0.611. The van der Waals surface area contributed by atoms with E-state index in [4.69, 9.17) is 11.6 Å². The summed E-state index contributed by atoms with van der Waals surface area (Å²) in [5.41, 5.74) is 1.39. The highest BCUT2D eigenvalue weighted by atomic mass is 35.5. The molecule has 0 aliphatic carbocycles. The van der Waals surface area contributed by atoms with Crippen molar-refractivity contribution in [3.63, 3.8) is 0 Å². The zero-order valence-electron chi connectivity index (χ0n) is 10.7. The number of anilines is 2. The fourth-order valence-electron chi connectivity index (χ4n) is 2.25. The Morgan fingerprint density at radius 2 is 2.42 bits per heavy atom. The van der Waals surface area contributed by atoms with Crippen molar-refractivity contribution in [2.45, 2.75) is 19.9 Å². The molecule has 19 heavy (non-hydrogen) atoms. The zero-order valence-corrected chi connectivity index (χ0v) is 12.3. The Balaban J connectivity index is 1.88. The third kappa shape index (κ3) is 2.53. The largest absolute Gasteiger partial charge is 0.354 e. The Bertz CT molecular complexity index is 584. The SMILES string of the molecule is CCNc1ncc(Cl)c(N2CCc3sccc3C2)n1. The number of aromatic nitrogens is 2. The Morgan fingerprint density at radius 1 is 1.53 bits per heavy atom. The van der Waals surface area contributed by atoms with Crippen LogP contribution in [0.15, 0.2) is 17.6 Å². The molecule has 1 N–H and O–H groups in total. The van der Waals surface area contributed by atoms with Crippen molar-refractivity contribution in [3.05, 3.63) is 33.1 Å². The monoisotopic (exact) mass is 294 g/mol. The first-order chi connectivity index (χ1) is 9.28. The van der Waals surface area contributed by atoms with Crippen molar-refractivity contribution in [1.82, 2.24) is 9.97 Å². The quantitative estimate of drug-likeness (QED) is 0.944. The van der Waals surface area contributed by atoms with Crippen LogP contribution in [0, 0.1) is 0 Å². The molecule has 3 heterocycles. The molecule has 0 aromatic carbocycles. The third-order valence-corrected chi connectivity index (χ3v) is 4.46. The van der Waals surface area contributed by atoms with Crippen LogP contribution in [0.25, 0.3) is 0 Å². The second-order valence-corrected chi connectivity index (χ2v) is 5.84. The average Bonchev–Trinajstić information content (AvgIpc) is 2.88. The summed E-state index contributed by atoms with van der Waals surface area (Å²) in [6.45, 7) is 4.66. The summed E-state index contributed by atoms with van der Waals surface area (Å²) >= 11 is 8.07. The molecule has 1 aliphatic rings. The van der Waals surface area contributed by atoms with Crippen LogP contribution in [0.5, 0.6) is 0 Å². The van der Waals surface area contributed by atoms with Gasteiger partial charge in [0.15, 0.2) is 5.82 Å². The molecule has 0 bridgehead atoms. The maximum atomic E-state index is 6.24. The molecule has 3 rings (SSSR count). The molecule has 2 aromatic heterocycles. The second-order valence-electron chi connectivity index (χ2n) is 4.44. The lowest BCUT2D eigenvalue weighted by molar-refractivity contribution is 0.731. The number of halogens is 1. The predicted molar refractivity (Wildman–Crippen MR) is 80.3 cm³/mol. The van der Waals surface area contributed by atoms with Gasteiger partial charge in [0.05, 0.1) is 6.20 Å². The summed E-state index contributed by atoms with van der Waals surface area (Å²) in [4.78, 5) is 12.4. The summed E-state index contributed by atoms with van der Waals surface area (Å²) in [6, 6.07) is 2.19. The van der Waals surface area contributed by atoms with Gasteiger partial charge in [-0.25, -0.2) is 4.98 Å². The van der Waals surface area contributed by atoms with Crippen LogP contribution in [-0.2, 0) is 13.0 Å². The van der Waals surface area contributed by atoms with E-state index in [1.54, 1.807) is 6.20 Å². The molecule has 1 aliphatic heterocycles. The van der Waals surface area contributed by atoms with E-state index in [-0.39, 0.29) is 0 Å². The van der Waals surface area contributed by atoms with Gasteiger partial charge in [0.25, 0.3) is 0 Å². The highest BCUT2D eigenvalue weighted by Crippen LogP contribution is 2.30. The molecule has 0 fully saturated rings. The molecule has 2 aromatic rings. The smallest absolute Gasteiger partial charge is 0.224 e. The number of nitrogens with zero attached hydrogens (tertiary/aromatic N) is 3. The number of thiophene rings is 1. The lowest BCUT2D eigenvalue weighted by atomic mass is 10.1. The lowest BCUT2D eigenvalue weighted by Gasteiger charge is -2.28. The number of nitrogens with one attached hydrogen (secondary N) is 1. The summed E-state index contributed by atoms with van der Waals surface area (Å²) < 4.78 is 0. The summed E-state index contributed by atoms with van der Waals surface area (Å²) in [5, 5.41) is 5.89. The maximum absolute atomic E-state index is 6.24. The van der Waals surface area contributed by atoms with Gasteiger partial charge < -0.3 is 10.2 Å². The summed E-state index contributed by atoms with van der Waals surface area (Å²) in [5.74, 6) is 1.46. The van der Waals surface area contributed by atoms with E-state index in [1.165, 1.54) is 10.4 Å². The molecule has 100 valence electrons. The standard InChI is InChI=1S/C13H15ClN4S/c1-2-15-13-16-7-10(14)12(17-13)18-5-3-11-9(8-18)4-6-19-11/h4,6-7H,2-3,5,8H2,1H3,(H,15,16,17). The Kier molecular flexibility index (Phi) is 3.57. The highest BCUT2D eigenvalue weighted by Gasteiger charge is 2.20. The molecule has 0 spiro atoms. The molecular formula is C13H15ClN4S. The minimum Gasteiger partial charge on any atom is -0.354 e. The van der Waals surface area contributed by atoms with Gasteiger partial charge in [0, 0.05) is 24.5 Å². The van der Waals surface area contributed by atoms with Gasteiger partial charge in [-0.3, -0.25) is 0 Å². The Morgan fingerprint density at radius 3 is 3.26 bits per heavy atom. The lowest BCUT2D eigenvalue weighted by Crippen LogP contribution is -2.30. The van der Waals surface area contributed by atoms with Gasteiger partial charge in [-0.15, -0.1) is 11.3 Å². The Hall–Kier alpha value is -1.33. The molecular weight excluding hydrogens is 280 g/mol. The van der Waals surface area contributed by atoms with E-state index in [0.29, 0.717) is 11.0 Å². The van der Waals surface area contributed by atoms with E-state index in [9.17, 15) is 0 Å². The van der Waals surface area contributed by atoms with Crippen LogP contribution in [0.1, 0.15) is 17.4 Å². The first-order valence-electron chi connectivity index (χ1n) is 6.34. The van der Waals surface area contributed by atoms with Crippen LogP contribution >= 0.6 is 22.9 Å². The molecule has 0 saturated carbocycles. The minimum atomic E-state index is 0.611. The van der Waals surface area contributed by atoms with Crippen molar-refractivity contribution < 1.29 is 0 Å². The van der Waals surface area contributed by atoms with Crippen LogP contribution in [0.3, 0.4) is 0 Å². The Labute approximate surface area is 121 Å². The van der Waals surface area contributed by atoms with Gasteiger partial charge >= 0.3 is 0 Å². The first kappa shape index (κ1) is 12.7. The van der Waals surface area contributed by atoms with E-state index < -0.39 is 0 Å². The fraction of sp³-hybridized carbons (Fsp3) is 0.385. The van der Waals surface area contributed by atoms with Crippen LogP contribution in [0.4, 0.5) is 11.8 Å². The van der Waals surface area contributed by atoms with Crippen LogP contribution in [-0.4, -0.2) is 23.1 Å². The second kappa shape index (κ2) is 5.35. The normalized spacial score (nSPS) is 14.3. The third-order valence-electron chi connectivity index (χ3n) is 3.17. The molecule has 4 nitrogen and oxygen atoms in total. The molecule has 0 radical (unpaired) electrons. The predicted octanol–water partition coefficient (Wildman–Crippen LogP) is 3.19. The summed E-state index contributed by atoms with van der Waals surface area (Å²) in [6.07, 6.45) is 2.73. The molecule has 6 heteroatoms. The van der Waals surface area contributed by atoms with Crippen molar-refractivity contribution in [2.75, 3.05) is 23.3 Å². The van der Waals surface area contributed by atoms with Gasteiger partial charge in [-0.1, -0.05) is 11.6 Å². The first-order valence-corrected chi connectivity index (χ1v) is 7.60. The number of hydrogen-bond acceptors (Lipinski definition) is 5. The fourth-order valence-corrected chi connectivity index (χ4v) is 3.35.